The molecule has 28 heavy (non-hydrogen) atoms. The highest BCUT2D eigenvalue weighted by Crippen LogP contribution is 2.32. The number of aromatic amines is 2. The van der Waals surface area contributed by atoms with Gasteiger partial charge in [-0.05, 0) is 37.3 Å². The van der Waals surface area contributed by atoms with Gasteiger partial charge >= 0.3 is 0 Å². The Labute approximate surface area is 161 Å². The number of hydrogen-bond acceptors (Lipinski definition) is 3. The molecule has 0 spiro atoms. The van der Waals surface area contributed by atoms with Gasteiger partial charge in [0.15, 0.2) is 5.75 Å². The van der Waals surface area contributed by atoms with Gasteiger partial charge in [-0.25, -0.2) is 0 Å². The van der Waals surface area contributed by atoms with Crippen molar-refractivity contribution >= 4 is 22.4 Å². The van der Waals surface area contributed by atoms with Crippen LogP contribution in [0.4, 0.5) is 5.69 Å². The minimum atomic E-state index is -0.332. The van der Waals surface area contributed by atoms with E-state index in [4.69, 9.17) is 4.74 Å². The lowest BCUT2D eigenvalue weighted by Crippen LogP contribution is -2.29. The third-order valence-corrected chi connectivity index (χ3v) is 4.62. The molecule has 0 aliphatic heterocycles. The molecular formula is C22H19N3O3. The number of aromatic nitrogens is 2. The molecule has 4 aromatic rings. The maximum Gasteiger partial charge on any atom is 0.274 e. The Morgan fingerprint density at radius 1 is 1.04 bits per heavy atom. The van der Waals surface area contributed by atoms with Gasteiger partial charge in [0.25, 0.3) is 11.5 Å². The third kappa shape index (κ3) is 3.16. The summed E-state index contributed by atoms with van der Waals surface area (Å²) in [6.07, 6.45) is 1.73. The Morgan fingerprint density at radius 3 is 2.54 bits per heavy atom. The maximum atomic E-state index is 13.0. The molecule has 2 N–H and O–H groups in total. The number of amides is 1. The molecule has 1 amide bonds. The molecule has 2 aromatic heterocycles. The summed E-state index contributed by atoms with van der Waals surface area (Å²) in [4.78, 5) is 32.6. The molecular weight excluding hydrogens is 354 g/mol. The van der Waals surface area contributed by atoms with E-state index in [0.29, 0.717) is 28.0 Å². The van der Waals surface area contributed by atoms with Gasteiger partial charge in [0.1, 0.15) is 11.4 Å². The summed E-state index contributed by atoms with van der Waals surface area (Å²) in [5.41, 5.74) is 1.29. The molecule has 0 aliphatic carbocycles. The first-order valence-corrected chi connectivity index (χ1v) is 8.85. The average Bonchev–Trinajstić information content (AvgIpc) is 3.09. The van der Waals surface area contributed by atoms with Crippen LogP contribution in [0.3, 0.4) is 0 Å². The number of anilines is 1. The number of carbonyl (C=O) groups excluding carboxylic acids is 1. The van der Waals surface area contributed by atoms with Gasteiger partial charge in [-0.3, -0.25) is 9.59 Å². The van der Waals surface area contributed by atoms with Gasteiger partial charge in [0.05, 0.1) is 11.1 Å². The van der Waals surface area contributed by atoms with Crippen LogP contribution in [0.25, 0.3) is 10.8 Å². The van der Waals surface area contributed by atoms with E-state index < -0.39 is 0 Å². The average molecular weight is 373 g/mol. The highest BCUT2D eigenvalue weighted by Gasteiger charge is 2.19. The van der Waals surface area contributed by atoms with Crippen LogP contribution >= 0.6 is 0 Å². The topological polar surface area (TPSA) is 78.2 Å². The first kappa shape index (κ1) is 17.6. The second kappa shape index (κ2) is 7.08. The molecule has 2 heterocycles. The van der Waals surface area contributed by atoms with Crippen LogP contribution in [0.2, 0.25) is 0 Å². The normalized spacial score (nSPS) is 10.8. The number of pyridine rings is 1. The Bertz CT molecular complexity index is 1210. The van der Waals surface area contributed by atoms with Gasteiger partial charge in [0, 0.05) is 24.3 Å². The van der Waals surface area contributed by atoms with Crippen LogP contribution < -0.4 is 15.2 Å². The van der Waals surface area contributed by atoms with E-state index >= 15 is 0 Å². The van der Waals surface area contributed by atoms with Gasteiger partial charge in [0.2, 0.25) is 0 Å². The number of nitrogens with one attached hydrogen (secondary N) is 2. The predicted octanol–water partition coefficient (Wildman–Crippen LogP) is 4.23. The molecule has 0 atom stereocenters. The number of benzene rings is 2. The Balaban J connectivity index is 1.69. The van der Waals surface area contributed by atoms with Gasteiger partial charge in [-0.2, -0.15) is 0 Å². The zero-order valence-corrected chi connectivity index (χ0v) is 15.5. The fourth-order valence-electron chi connectivity index (χ4n) is 3.18. The van der Waals surface area contributed by atoms with Crippen LogP contribution in [0.1, 0.15) is 16.2 Å². The number of hydrogen-bond donors (Lipinski definition) is 2. The van der Waals surface area contributed by atoms with Gasteiger partial charge < -0.3 is 19.6 Å². The second-order valence-corrected chi connectivity index (χ2v) is 6.50. The molecule has 0 fully saturated rings. The fourth-order valence-corrected chi connectivity index (χ4v) is 3.18. The summed E-state index contributed by atoms with van der Waals surface area (Å²) in [5.74, 6) is 0.890. The summed E-state index contributed by atoms with van der Waals surface area (Å²) < 4.78 is 5.94. The van der Waals surface area contributed by atoms with E-state index in [1.165, 1.54) is 4.90 Å². The lowest BCUT2D eigenvalue weighted by Gasteiger charge is -2.20. The predicted molar refractivity (Wildman–Crippen MR) is 109 cm³/mol. The lowest BCUT2D eigenvalue weighted by atomic mass is 10.2. The smallest absolute Gasteiger partial charge is 0.274 e. The standard InChI is InChI=1S/C22H19N3O3/c1-14-20-15(13-23-14)12-17(24-21(20)26)22(27)25(2)18-10-6-7-11-19(18)28-16-8-4-3-5-9-16/h3-13,23H,1-2H3,(H,24,26). The molecule has 0 saturated heterocycles. The summed E-state index contributed by atoms with van der Waals surface area (Å²) in [6.45, 7) is 1.82. The second-order valence-electron chi connectivity index (χ2n) is 6.50. The first-order valence-electron chi connectivity index (χ1n) is 8.85. The van der Waals surface area contributed by atoms with Crippen molar-refractivity contribution in [2.45, 2.75) is 6.92 Å². The molecule has 140 valence electrons. The van der Waals surface area contributed by atoms with Gasteiger partial charge in [-0.15, -0.1) is 0 Å². The minimum Gasteiger partial charge on any atom is -0.455 e. The molecule has 0 saturated carbocycles. The summed E-state index contributed by atoms with van der Waals surface area (Å²) in [7, 11) is 1.65. The van der Waals surface area contributed by atoms with Gasteiger partial charge in [-0.1, -0.05) is 30.3 Å². The van der Waals surface area contributed by atoms with Crippen LogP contribution in [0.5, 0.6) is 11.5 Å². The quantitative estimate of drug-likeness (QED) is 0.562. The molecule has 0 radical (unpaired) electrons. The van der Waals surface area contributed by atoms with E-state index in [1.54, 1.807) is 31.4 Å². The third-order valence-electron chi connectivity index (χ3n) is 4.62. The largest absolute Gasteiger partial charge is 0.455 e. The van der Waals surface area contributed by atoms with Crippen molar-refractivity contribution < 1.29 is 9.53 Å². The SMILES string of the molecule is Cc1[nH]cc2cc(C(=O)N(C)c3ccccc3Oc3ccccc3)[nH]c(=O)c12. The van der Waals surface area contributed by atoms with E-state index in [2.05, 4.69) is 9.97 Å². The molecule has 6 nitrogen and oxygen atoms in total. The summed E-state index contributed by atoms with van der Waals surface area (Å²) in [5, 5.41) is 1.26. The molecule has 0 aliphatic rings. The Morgan fingerprint density at radius 2 is 1.75 bits per heavy atom. The number of rotatable bonds is 4. The van der Waals surface area contributed by atoms with Crippen molar-refractivity contribution in [1.29, 1.82) is 0 Å². The number of H-pyrrole nitrogens is 2. The van der Waals surface area contributed by atoms with Crippen LogP contribution in [-0.4, -0.2) is 22.9 Å². The number of para-hydroxylation sites is 3. The van der Waals surface area contributed by atoms with Crippen LogP contribution in [-0.2, 0) is 0 Å². The molecule has 0 bridgehead atoms. The van der Waals surface area contributed by atoms with Crippen LogP contribution in [0, 0.1) is 6.92 Å². The van der Waals surface area contributed by atoms with E-state index in [0.717, 1.165) is 5.69 Å². The Kier molecular flexibility index (Phi) is 4.45. The zero-order valence-electron chi connectivity index (χ0n) is 15.5. The fraction of sp³-hybridized carbons (Fsp3) is 0.0909. The number of nitrogens with zero attached hydrogens (tertiary/aromatic N) is 1. The van der Waals surface area contributed by atoms with Crippen molar-refractivity contribution in [2.24, 2.45) is 0 Å². The van der Waals surface area contributed by atoms with Crippen LogP contribution in [0.15, 0.2) is 71.7 Å². The first-order chi connectivity index (χ1) is 13.5. The van der Waals surface area contributed by atoms with Crippen molar-refractivity contribution in [3.05, 3.63) is 88.6 Å². The number of carbonyl (C=O) groups is 1. The number of ether oxygens (including phenoxy) is 1. The highest BCUT2D eigenvalue weighted by molar-refractivity contribution is 6.07. The van der Waals surface area contributed by atoms with E-state index in [9.17, 15) is 9.59 Å². The van der Waals surface area contributed by atoms with E-state index in [-0.39, 0.29) is 17.2 Å². The minimum absolute atomic E-state index is 0.216. The molecule has 6 heteroatoms. The molecule has 0 unspecified atom stereocenters. The number of fused-ring (bicyclic) bond motifs is 1. The monoisotopic (exact) mass is 373 g/mol. The highest BCUT2D eigenvalue weighted by atomic mass is 16.5. The summed E-state index contributed by atoms with van der Waals surface area (Å²) >= 11 is 0. The molecule has 2 aromatic carbocycles. The Hall–Kier alpha value is -3.80. The summed E-state index contributed by atoms with van der Waals surface area (Å²) in [6, 6.07) is 18.3. The van der Waals surface area contributed by atoms with E-state index in [1.807, 2.05) is 49.4 Å². The molecule has 4 rings (SSSR count). The zero-order chi connectivity index (χ0) is 19.7. The van der Waals surface area contributed by atoms with Crippen molar-refractivity contribution in [3.8, 4) is 11.5 Å². The van der Waals surface area contributed by atoms with Crippen molar-refractivity contribution in [1.82, 2.24) is 9.97 Å². The lowest BCUT2D eigenvalue weighted by molar-refractivity contribution is 0.0987. The maximum absolute atomic E-state index is 13.0. The van der Waals surface area contributed by atoms with Crippen molar-refractivity contribution in [3.63, 3.8) is 0 Å². The van der Waals surface area contributed by atoms with Crippen molar-refractivity contribution in [2.75, 3.05) is 11.9 Å². The number of aryl methyl sites for hydroxylation is 1.